The van der Waals surface area contributed by atoms with Gasteiger partial charge in [-0.3, -0.25) is 9.80 Å². The van der Waals surface area contributed by atoms with Crippen LogP contribution in [0.5, 0.6) is 0 Å². The summed E-state index contributed by atoms with van der Waals surface area (Å²) in [6, 6.07) is 0.595. The molecule has 2 saturated heterocycles. The molecular formula is C20H39IN8O. The molecule has 2 aliphatic heterocycles. The van der Waals surface area contributed by atoms with Crippen LogP contribution in [-0.4, -0.2) is 95.6 Å². The first kappa shape index (κ1) is 25.3. The van der Waals surface area contributed by atoms with E-state index in [1.54, 1.807) is 0 Å². The molecule has 10 heteroatoms. The summed E-state index contributed by atoms with van der Waals surface area (Å²) in [6.07, 6.45) is 3.64. The van der Waals surface area contributed by atoms with Gasteiger partial charge in [-0.2, -0.15) is 0 Å². The summed E-state index contributed by atoms with van der Waals surface area (Å²) < 4.78 is 7.42. The minimum Gasteiger partial charge on any atom is -0.379 e. The van der Waals surface area contributed by atoms with E-state index in [0.29, 0.717) is 12.6 Å². The number of nitrogens with zero attached hydrogens (tertiary/aromatic N) is 6. The second-order valence-corrected chi connectivity index (χ2v) is 7.93. The van der Waals surface area contributed by atoms with Gasteiger partial charge in [-0.1, -0.05) is 6.92 Å². The number of likely N-dealkylation sites (tertiary alicyclic amines) is 1. The highest BCUT2D eigenvalue weighted by molar-refractivity contribution is 14.0. The summed E-state index contributed by atoms with van der Waals surface area (Å²) in [5.74, 6) is 2.66. The number of nitrogens with one attached hydrogen (secondary N) is 2. The lowest BCUT2D eigenvalue weighted by molar-refractivity contribution is 0.0376. The van der Waals surface area contributed by atoms with Crippen LogP contribution in [-0.2, 0) is 18.3 Å². The number of guanidine groups is 1. The van der Waals surface area contributed by atoms with Crippen LogP contribution >= 0.6 is 24.0 Å². The molecule has 2 aliphatic rings. The van der Waals surface area contributed by atoms with Crippen molar-refractivity contribution in [2.75, 3.05) is 59.0 Å². The van der Waals surface area contributed by atoms with Crippen LogP contribution in [0.1, 0.15) is 37.8 Å². The van der Waals surface area contributed by atoms with Crippen LogP contribution in [0.2, 0.25) is 0 Å². The van der Waals surface area contributed by atoms with E-state index < -0.39 is 0 Å². The number of ether oxygens (including phenoxy) is 1. The number of halogens is 1. The molecule has 1 atom stereocenters. The first-order valence-corrected chi connectivity index (χ1v) is 11.1. The first-order valence-electron chi connectivity index (χ1n) is 11.1. The average Bonchev–Trinajstić information content (AvgIpc) is 3.34. The third-order valence-electron chi connectivity index (χ3n) is 6.02. The van der Waals surface area contributed by atoms with Crippen LogP contribution in [0.25, 0.3) is 0 Å². The number of hydrogen-bond acceptors (Lipinski definition) is 6. The van der Waals surface area contributed by atoms with Gasteiger partial charge < -0.3 is 19.9 Å². The topological polar surface area (TPSA) is 82.8 Å². The predicted octanol–water partition coefficient (Wildman–Crippen LogP) is 0.983. The van der Waals surface area contributed by atoms with Gasteiger partial charge in [-0.25, -0.2) is 4.99 Å². The number of morpholine rings is 1. The maximum atomic E-state index is 5.42. The van der Waals surface area contributed by atoms with Gasteiger partial charge in [0.2, 0.25) is 0 Å². The van der Waals surface area contributed by atoms with Gasteiger partial charge in [0.05, 0.1) is 13.2 Å². The Labute approximate surface area is 198 Å². The van der Waals surface area contributed by atoms with Crippen LogP contribution in [0.4, 0.5) is 0 Å². The molecule has 2 N–H and O–H groups in total. The fraction of sp³-hybridized carbons (Fsp3) is 0.850. The Hall–Kier alpha value is -0.980. The Bertz CT molecular complexity index is 647. The van der Waals surface area contributed by atoms with Gasteiger partial charge >= 0.3 is 0 Å². The summed E-state index contributed by atoms with van der Waals surface area (Å²) >= 11 is 0. The quantitative estimate of drug-likeness (QED) is 0.212. The minimum atomic E-state index is 0. The van der Waals surface area contributed by atoms with Gasteiger partial charge in [0.1, 0.15) is 12.4 Å². The third-order valence-corrected chi connectivity index (χ3v) is 6.02. The van der Waals surface area contributed by atoms with E-state index in [2.05, 4.69) is 37.6 Å². The van der Waals surface area contributed by atoms with E-state index in [4.69, 9.17) is 9.73 Å². The van der Waals surface area contributed by atoms with Crippen molar-refractivity contribution in [1.82, 2.24) is 35.2 Å². The molecule has 30 heavy (non-hydrogen) atoms. The molecule has 0 spiro atoms. The Balaban J connectivity index is 0.00000320. The van der Waals surface area contributed by atoms with Crippen molar-refractivity contribution in [2.45, 2.75) is 45.7 Å². The lowest BCUT2D eigenvalue weighted by Gasteiger charge is -2.26. The minimum absolute atomic E-state index is 0. The SMILES string of the molecule is CCN1CCCC1CNC(=NCc1nnc(C)n1C)NCCCN1CCOCC1.I. The molecular weight excluding hydrogens is 495 g/mol. The van der Waals surface area contributed by atoms with Gasteiger partial charge in [-0.05, 0) is 45.8 Å². The molecule has 9 nitrogen and oxygen atoms in total. The van der Waals surface area contributed by atoms with Crippen molar-refractivity contribution in [2.24, 2.45) is 12.0 Å². The Morgan fingerprint density at radius 2 is 2.00 bits per heavy atom. The molecule has 1 aromatic heterocycles. The highest BCUT2D eigenvalue weighted by Gasteiger charge is 2.22. The fourth-order valence-electron chi connectivity index (χ4n) is 4.00. The summed E-state index contributed by atoms with van der Waals surface area (Å²) in [6.45, 7) is 13.8. The zero-order chi connectivity index (χ0) is 20.5. The standard InChI is InChI=1S/C20H38N8O.HI/c1-4-28-10-5-7-18(28)15-22-20(23-16-19-25-24-17(2)26(19)3)21-8-6-9-27-11-13-29-14-12-27;/h18H,4-16H2,1-3H3,(H2,21,22,23);1H. The molecule has 1 unspecified atom stereocenters. The number of rotatable bonds is 9. The molecule has 1 aromatic rings. The van der Waals surface area contributed by atoms with E-state index in [-0.39, 0.29) is 24.0 Å². The molecule has 172 valence electrons. The molecule has 0 radical (unpaired) electrons. The van der Waals surface area contributed by atoms with Crippen LogP contribution in [0.3, 0.4) is 0 Å². The zero-order valence-corrected chi connectivity index (χ0v) is 21.1. The van der Waals surface area contributed by atoms with E-state index >= 15 is 0 Å². The molecule has 0 aliphatic carbocycles. The van der Waals surface area contributed by atoms with Gasteiger partial charge in [0, 0.05) is 39.3 Å². The number of aromatic nitrogens is 3. The highest BCUT2D eigenvalue weighted by Crippen LogP contribution is 2.15. The number of aliphatic imine (C=N–C) groups is 1. The van der Waals surface area contributed by atoms with E-state index in [1.165, 1.54) is 19.4 Å². The molecule has 0 bridgehead atoms. The predicted molar refractivity (Wildman–Crippen MR) is 130 cm³/mol. The van der Waals surface area contributed by atoms with Crippen molar-refractivity contribution in [3.05, 3.63) is 11.6 Å². The molecule has 3 rings (SSSR count). The Morgan fingerprint density at radius 1 is 1.20 bits per heavy atom. The lowest BCUT2D eigenvalue weighted by Crippen LogP contribution is -2.45. The maximum Gasteiger partial charge on any atom is 0.191 e. The van der Waals surface area contributed by atoms with E-state index in [9.17, 15) is 0 Å². The van der Waals surface area contributed by atoms with Crippen LogP contribution in [0.15, 0.2) is 4.99 Å². The summed E-state index contributed by atoms with van der Waals surface area (Å²) in [4.78, 5) is 9.80. The van der Waals surface area contributed by atoms with Gasteiger partial charge in [0.25, 0.3) is 0 Å². The highest BCUT2D eigenvalue weighted by atomic mass is 127. The molecule has 0 amide bonds. The molecule has 3 heterocycles. The van der Waals surface area contributed by atoms with Crippen molar-refractivity contribution in [3.63, 3.8) is 0 Å². The molecule has 0 aromatic carbocycles. The normalized spacial score (nSPS) is 20.9. The smallest absolute Gasteiger partial charge is 0.191 e. The number of hydrogen-bond donors (Lipinski definition) is 2. The maximum absolute atomic E-state index is 5.42. The first-order chi connectivity index (χ1) is 14.2. The Kier molecular flexibility index (Phi) is 11.3. The van der Waals surface area contributed by atoms with Crippen LogP contribution in [0, 0.1) is 6.92 Å². The van der Waals surface area contributed by atoms with Gasteiger partial charge in [-0.15, -0.1) is 34.2 Å². The molecule has 0 saturated carbocycles. The average molecular weight is 534 g/mol. The van der Waals surface area contributed by atoms with Crippen molar-refractivity contribution < 1.29 is 4.74 Å². The van der Waals surface area contributed by atoms with Crippen LogP contribution < -0.4 is 10.6 Å². The lowest BCUT2D eigenvalue weighted by atomic mass is 10.2. The van der Waals surface area contributed by atoms with E-state index in [0.717, 1.165) is 76.5 Å². The number of aryl methyl sites for hydroxylation is 1. The zero-order valence-electron chi connectivity index (χ0n) is 18.8. The largest absolute Gasteiger partial charge is 0.379 e. The van der Waals surface area contributed by atoms with Crippen molar-refractivity contribution in [3.8, 4) is 0 Å². The summed E-state index contributed by atoms with van der Waals surface area (Å²) in [5.41, 5.74) is 0. The fourth-order valence-corrected chi connectivity index (χ4v) is 4.00. The Morgan fingerprint density at radius 3 is 2.70 bits per heavy atom. The second kappa shape index (κ2) is 13.4. The van der Waals surface area contributed by atoms with E-state index in [1.807, 2.05) is 18.5 Å². The second-order valence-electron chi connectivity index (χ2n) is 7.93. The molecule has 2 fully saturated rings. The summed E-state index contributed by atoms with van der Waals surface area (Å²) in [7, 11) is 1.99. The number of likely N-dealkylation sites (N-methyl/N-ethyl adjacent to an activating group) is 1. The monoisotopic (exact) mass is 534 g/mol. The summed E-state index contributed by atoms with van der Waals surface area (Å²) in [5, 5.41) is 15.4. The third kappa shape index (κ3) is 7.61. The van der Waals surface area contributed by atoms with Crippen molar-refractivity contribution in [1.29, 1.82) is 0 Å². The van der Waals surface area contributed by atoms with Gasteiger partial charge in [0.15, 0.2) is 11.8 Å². The van der Waals surface area contributed by atoms with Crippen molar-refractivity contribution >= 4 is 29.9 Å².